The first-order valence-corrected chi connectivity index (χ1v) is 4.21. The Balaban J connectivity index is 2.56. The highest BCUT2D eigenvalue weighted by molar-refractivity contribution is 5.74. The minimum atomic E-state index is -1.60. The molecule has 0 aromatic carbocycles. The minimum absolute atomic E-state index is 0.308. The van der Waals surface area contributed by atoms with Gasteiger partial charge in [-0.1, -0.05) is 0 Å². The molecule has 0 aromatic rings. The van der Waals surface area contributed by atoms with Gasteiger partial charge in [0.1, 0.15) is 6.10 Å². The molecule has 1 heterocycles. The summed E-state index contributed by atoms with van der Waals surface area (Å²) in [5.41, 5.74) is 0. The Kier molecular flexibility index (Phi) is 3.25. The maximum Gasteiger partial charge on any atom is 0.336 e. The van der Waals surface area contributed by atoms with Crippen LogP contribution < -0.4 is 0 Å². The van der Waals surface area contributed by atoms with Crippen LogP contribution in [0.4, 0.5) is 0 Å². The average molecular weight is 188 g/mol. The minimum Gasteiger partial charge on any atom is -0.479 e. The van der Waals surface area contributed by atoms with Crippen molar-refractivity contribution in [2.24, 2.45) is 0 Å². The molecule has 2 atom stereocenters. The monoisotopic (exact) mass is 188 g/mol. The van der Waals surface area contributed by atoms with Gasteiger partial charge in [-0.3, -0.25) is 4.79 Å². The van der Waals surface area contributed by atoms with Gasteiger partial charge in [0.05, 0.1) is 0 Å². The van der Waals surface area contributed by atoms with Crippen LogP contribution in [0.5, 0.6) is 0 Å². The first kappa shape index (κ1) is 9.98. The second-order valence-corrected chi connectivity index (χ2v) is 3.06. The summed E-state index contributed by atoms with van der Waals surface area (Å²) in [6.07, 6.45) is -0.348. The lowest BCUT2D eigenvalue weighted by atomic mass is 10.1. The fourth-order valence-electron chi connectivity index (χ4n) is 1.28. The largest absolute Gasteiger partial charge is 0.479 e. The zero-order valence-corrected chi connectivity index (χ0v) is 7.10. The van der Waals surface area contributed by atoms with Crippen LogP contribution in [-0.4, -0.2) is 34.4 Å². The fraction of sp³-hybridized carbons (Fsp3) is 0.750. The molecule has 5 nitrogen and oxygen atoms in total. The van der Waals surface area contributed by atoms with Gasteiger partial charge >= 0.3 is 11.9 Å². The number of cyclic esters (lactones) is 1. The summed E-state index contributed by atoms with van der Waals surface area (Å²) in [7, 11) is 0. The summed E-state index contributed by atoms with van der Waals surface area (Å²) in [5, 5.41) is 17.6. The number of aliphatic hydroxyl groups excluding tert-OH is 1. The Morgan fingerprint density at radius 3 is 2.85 bits per heavy atom. The summed E-state index contributed by atoms with van der Waals surface area (Å²) in [5.74, 6) is -1.78. The highest BCUT2D eigenvalue weighted by Crippen LogP contribution is 2.16. The molecule has 0 saturated carbocycles. The van der Waals surface area contributed by atoms with Crippen LogP contribution in [0, 0.1) is 0 Å². The molecule has 2 N–H and O–H groups in total. The van der Waals surface area contributed by atoms with Gasteiger partial charge < -0.3 is 14.9 Å². The molecular formula is C8H12O5. The number of carbonyl (C=O) groups is 2. The van der Waals surface area contributed by atoms with E-state index in [9.17, 15) is 9.59 Å². The van der Waals surface area contributed by atoms with Crippen LogP contribution in [0.2, 0.25) is 0 Å². The number of rotatable bonds is 2. The highest BCUT2D eigenvalue weighted by atomic mass is 16.6. The van der Waals surface area contributed by atoms with E-state index in [-0.39, 0.29) is 0 Å². The van der Waals surface area contributed by atoms with Gasteiger partial charge in [-0.25, -0.2) is 4.79 Å². The molecule has 2 unspecified atom stereocenters. The van der Waals surface area contributed by atoms with Crippen LogP contribution in [0.15, 0.2) is 0 Å². The first-order chi connectivity index (χ1) is 6.11. The van der Waals surface area contributed by atoms with E-state index >= 15 is 0 Å². The van der Waals surface area contributed by atoms with E-state index in [1.807, 2.05) is 0 Å². The number of esters is 1. The number of carboxylic acid groups (broad SMARTS) is 1. The Labute approximate surface area is 75.3 Å². The third-order valence-electron chi connectivity index (χ3n) is 2.01. The number of hydrogen-bond donors (Lipinski definition) is 2. The van der Waals surface area contributed by atoms with Gasteiger partial charge in [0.2, 0.25) is 0 Å². The van der Waals surface area contributed by atoms with Crippen molar-refractivity contribution < 1.29 is 24.5 Å². The van der Waals surface area contributed by atoms with Crippen molar-refractivity contribution in [1.82, 2.24) is 0 Å². The van der Waals surface area contributed by atoms with Gasteiger partial charge in [-0.05, 0) is 19.3 Å². The number of aliphatic carboxylic acids is 1. The Hall–Kier alpha value is -1.10. The van der Waals surface area contributed by atoms with Gasteiger partial charge in [0.25, 0.3) is 0 Å². The summed E-state index contributed by atoms with van der Waals surface area (Å²) in [4.78, 5) is 21.3. The number of aliphatic hydroxyl groups is 1. The molecule has 13 heavy (non-hydrogen) atoms. The van der Waals surface area contributed by atoms with Gasteiger partial charge in [0.15, 0.2) is 6.10 Å². The summed E-state index contributed by atoms with van der Waals surface area (Å²) in [6, 6.07) is 0. The standard InChI is InChI=1S/C8H12O5/c9-6-4-2-1-3-5(13-6)7(10)8(11)12/h5,7,10H,1-4H2,(H,11,12). The second kappa shape index (κ2) is 4.23. The predicted molar refractivity (Wildman–Crippen MR) is 42.0 cm³/mol. The molecule has 1 saturated heterocycles. The number of carboxylic acids is 1. The second-order valence-electron chi connectivity index (χ2n) is 3.06. The topological polar surface area (TPSA) is 83.8 Å². The van der Waals surface area contributed by atoms with Gasteiger partial charge in [0, 0.05) is 6.42 Å². The summed E-state index contributed by atoms with van der Waals surface area (Å²) >= 11 is 0. The van der Waals surface area contributed by atoms with E-state index in [0.717, 1.165) is 0 Å². The lowest BCUT2D eigenvalue weighted by molar-refractivity contribution is -0.164. The molecule has 0 aromatic heterocycles. The molecular weight excluding hydrogens is 176 g/mol. The van der Waals surface area contributed by atoms with Crippen molar-refractivity contribution in [1.29, 1.82) is 0 Å². The zero-order valence-electron chi connectivity index (χ0n) is 7.10. The van der Waals surface area contributed by atoms with Crippen LogP contribution in [0.3, 0.4) is 0 Å². The number of ether oxygens (including phenoxy) is 1. The van der Waals surface area contributed by atoms with E-state index < -0.39 is 24.1 Å². The fourth-order valence-corrected chi connectivity index (χ4v) is 1.28. The normalized spacial score (nSPS) is 25.9. The highest BCUT2D eigenvalue weighted by Gasteiger charge is 2.30. The van der Waals surface area contributed by atoms with Gasteiger partial charge in [-0.15, -0.1) is 0 Å². The van der Waals surface area contributed by atoms with Crippen molar-refractivity contribution in [2.75, 3.05) is 0 Å². The van der Waals surface area contributed by atoms with E-state index in [1.54, 1.807) is 0 Å². The quantitative estimate of drug-likeness (QED) is 0.592. The SMILES string of the molecule is O=C1CCCCC(C(O)C(=O)O)O1. The van der Waals surface area contributed by atoms with E-state index in [0.29, 0.717) is 25.7 Å². The van der Waals surface area contributed by atoms with Gasteiger partial charge in [-0.2, -0.15) is 0 Å². The maximum atomic E-state index is 10.9. The lowest BCUT2D eigenvalue weighted by Crippen LogP contribution is -2.36. The molecule has 0 radical (unpaired) electrons. The third-order valence-corrected chi connectivity index (χ3v) is 2.01. The Morgan fingerprint density at radius 1 is 1.54 bits per heavy atom. The first-order valence-electron chi connectivity index (χ1n) is 4.21. The van der Waals surface area contributed by atoms with Crippen molar-refractivity contribution in [3.63, 3.8) is 0 Å². The maximum absolute atomic E-state index is 10.9. The number of hydrogen-bond acceptors (Lipinski definition) is 4. The molecule has 74 valence electrons. The zero-order chi connectivity index (χ0) is 9.84. The van der Waals surface area contributed by atoms with Crippen molar-refractivity contribution in [2.45, 2.75) is 37.9 Å². The van der Waals surface area contributed by atoms with Crippen LogP contribution in [-0.2, 0) is 14.3 Å². The smallest absolute Gasteiger partial charge is 0.336 e. The van der Waals surface area contributed by atoms with Crippen molar-refractivity contribution >= 4 is 11.9 Å². The molecule has 1 rings (SSSR count). The van der Waals surface area contributed by atoms with E-state index in [1.165, 1.54) is 0 Å². The average Bonchev–Trinajstić information content (AvgIpc) is 2.28. The molecule has 1 aliphatic rings. The van der Waals surface area contributed by atoms with E-state index in [4.69, 9.17) is 14.9 Å². The Morgan fingerprint density at radius 2 is 2.23 bits per heavy atom. The van der Waals surface area contributed by atoms with Crippen molar-refractivity contribution in [3.8, 4) is 0 Å². The van der Waals surface area contributed by atoms with E-state index in [2.05, 4.69) is 0 Å². The summed E-state index contributed by atoms with van der Waals surface area (Å²) < 4.78 is 4.76. The molecule has 0 bridgehead atoms. The molecule has 0 spiro atoms. The molecule has 0 aliphatic carbocycles. The number of carbonyl (C=O) groups excluding carboxylic acids is 1. The Bertz CT molecular complexity index is 213. The molecule has 5 heteroatoms. The van der Waals surface area contributed by atoms with Crippen molar-refractivity contribution in [3.05, 3.63) is 0 Å². The van der Waals surface area contributed by atoms with Crippen LogP contribution in [0.1, 0.15) is 25.7 Å². The lowest BCUT2D eigenvalue weighted by Gasteiger charge is -2.17. The molecule has 0 amide bonds. The predicted octanol–water partition coefficient (Wildman–Crippen LogP) is -0.0823. The van der Waals surface area contributed by atoms with Crippen LogP contribution in [0.25, 0.3) is 0 Å². The van der Waals surface area contributed by atoms with Crippen LogP contribution >= 0.6 is 0 Å². The summed E-state index contributed by atoms with van der Waals surface area (Å²) in [6.45, 7) is 0. The molecule has 1 fully saturated rings. The molecule has 1 aliphatic heterocycles. The third kappa shape index (κ3) is 2.69.